The average molecular weight is 465 g/mol. The van der Waals surface area contributed by atoms with E-state index in [9.17, 15) is 9.18 Å². The highest BCUT2D eigenvalue weighted by Crippen LogP contribution is 2.28. The number of nitrogens with one attached hydrogen (secondary N) is 1. The Morgan fingerprint density at radius 1 is 1.15 bits per heavy atom. The Hall–Kier alpha value is -3.26. The van der Waals surface area contributed by atoms with Crippen molar-refractivity contribution in [2.24, 2.45) is 11.0 Å². The van der Waals surface area contributed by atoms with Crippen LogP contribution in [0.2, 0.25) is 0 Å². The molecule has 1 atom stereocenters. The Balaban J connectivity index is 1.25. The van der Waals surface area contributed by atoms with Gasteiger partial charge in [0.25, 0.3) is 0 Å². The average Bonchev–Trinajstić information content (AvgIpc) is 3.29. The highest BCUT2D eigenvalue weighted by Gasteiger charge is 2.24. The van der Waals surface area contributed by atoms with E-state index in [0.717, 1.165) is 54.2 Å². The molecule has 2 aliphatic rings. The summed E-state index contributed by atoms with van der Waals surface area (Å²) in [7, 11) is 0. The number of hydrazone groups is 1. The number of carbonyl (C=O) groups is 1. The number of hydrogen-bond donors (Lipinski definition) is 1. The van der Waals surface area contributed by atoms with Crippen LogP contribution in [0.3, 0.4) is 0 Å². The smallest absolute Gasteiger partial charge is 0.240 e. The zero-order valence-electron chi connectivity index (χ0n) is 19.3. The summed E-state index contributed by atoms with van der Waals surface area (Å²) in [6.07, 6.45) is 1.87. The Labute approximate surface area is 198 Å². The third-order valence-electron chi connectivity index (χ3n) is 6.59. The van der Waals surface area contributed by atoms with Crippen molar-refractivity contribution >= 4 is 22.7 Å². The van der Waals surface area contributed by atoms with E-state index >= 15 is 0 Å². The van der Waals surface area contributed by atoms with Crippen LogP contribution in [0.1, 0.15) is 38.2 Å². The van der Waals surface area contributed by atoms with Crippen molar-refractivity contribution in [3.63, 3.8) is 0 Å². The summed E-state index contributed by atoms with van der Waals surface area (Å²) in [4.78, 5) is 18.5. The fourth-order valence-corrected chi connectivity index (χ4v) is 4.54. The zero-order valence-corrected chi connectivity index (χ0v) is 19.3. The highest BCUT2D eigenvalue weighted by molar-refractivity contribution is 6.07. The molecule has 1 N–H and O–H groups in total. The molecule has 2 aromatic carbocycles. The summed E-state index contributed by atoms with van der Waals surface area (Å²) >= 11 is 0. The lowest BCUT2D eigenvalue weighted by Crippen LogP contribution is -2.37. The molecule has 8 heteroatoms. The molecule has 34 heavy (non-hydrogen) atoms. The molecule has 7 nitrogen and oxygen atoms in total. The number of likely N-dealkylation sites (tertiary alicyclic amines) is 1. The molecule has 1 aromatic heterocycles. The van der Waals surface area contributed by atoms with Crippen LogP contribution < -0.4 is 10.2 Å². The van der Waals surface area contributed by atoms with E-state index in [4.69, 9.17) is 9.15 Å². The summed E-state index contributed by atoms with van der Waals surface area (Å²) < 4.78 is 25.2. The lowest BCUT2D eigenvalue weighted by molar-refractivity contribution is -0.122. The van der Waals surface area contributed by atoms with Crippen LogP contribution >= 0.6 is 0 Å². The molecule has 0 radical (unpaired) electrons. The largest absolute Gasteiger partial charge is 0.492 e. The van der Waals surface area contributed by atoms with Gasteiger partial charge in [-0.15, -0.1) is 0 Å². The number of alkyl halides is 1. The Morgan fingerprint density at radius 2 is 1.91 bits per heavy atom. The maximum Gasteiger partial charge on any atom is 0.240 e. The van der Waals surface area contributed by atoms with Crippen molar-refractivity contribution in [3.05, 3.63) is 48.0 Å². The number of rotatable bonds is 7. The minimum Gasteiger partial charge on any atom is -0.492 e. The zero-order chi connectivity index (χ0) is 23.5. The predicted octanol–water partition coefficient (Wildman–Crippen LogP) is 4.56. The van der Waals surface area contributed by atoms with Gasteiger partial charge in [0, 0.05) is 43.1 Å². The SMILES string of the molecule is CCC1CC(=O)NN=C1c1ccc2nc(-c3ccc(OCCN4CCC(F)CC4)cc3)oc2c1. The number of nitrogens with zero attached hydrogens (tertiary/aromatic N) is 3. The molecular weight excluding hydrogens is 435 g/mol. The number of aromatic nitrogens is 1. The van der Waals surface area contributed by atoms with Gasteiger partial charge in [-0.25, -0.2) is 14.8 Å². The van der Waals surface area contributed by atoms with Gasteiger partial charge in [-0.1, -0.05) is 13.0 Å². The van der Waals surface area contributed by atoms with E-state index in [0.29, 0.717) is 37.3 Å². The first-order chi connectivity index (χ1) is 16.6. The first kappa shape index (κ1) is 22.5. The van der Waals surface area contributed by atoms with E-state index in [1.54, 1.807) is 0 Å². The van der Waals surface area contributed by atoms with Gasteiger partial charge in [-0.05, 0) is 55.7 Å². The third kappa shape index (κ3) is 4.97. The molecule has 178 valence electrons. The van der Waals surface area contributed by atoms with Crippen molar-refractivity contribution in [1.82, 2.24) is 15.3 Å². The summed E-state index contributed by atoms with van der Waals surface area (Å²) in [5.41, 5.74) is 6.70. The third-order valence-corrected chi connectivity index (χ3v) is 6.59. The number of hydrogen-bond acceptors (Lipinski definition) is 6. The van der Waals surface area contributed by atoms with Gasteiger partial charge >= 0.3 is 0 Å². The normalized spacial score (nSPS) is 19.8. The minimum absolute atomic E-state index is 0.0486. The summed E-state index contributed by atoms with van der Waals surface area (Å²) in [5.74, 6) is 1.37. The van der Waals surface area contributed by atoms with E-state index < -0.39 is 6.17 Å². The first-order valence-electron chi connectivity index (χ1n) is 12.0. The second-order valence-electron chi connectivity index (χ2n) is 8.93. The van der Waals surface area contributed by atoms with Gasteiger partial charge in [0.15, 0.2) is 5.58 Å². The monoisotopic (exact) mass is 464 g/mol. The molecule has 3 aromatic rings. The lowest BCUT2D eigenvalue weighted by atomic mass is 9.90. The van der Waals surface area contributed by atoms with E-state index in [2.05, 4.69) is 27.3 Å². The van der Waals surface area contributed by atoms with Gasteiger partial charge in [0.05, 0.1) is 5.71 Å². The number of amides is 1. The van der Waals surface area contributed by atoms with Crippen molar-refractivity contribution in [2.45, 2.75) is 38.8 Å². The number of piperidine rings is 1. The van der Waals surface area contributed by atoms with Gasteiger partial charge in [-0.2, -0.15) is 5.10 Å². The first-order valence-corrected chi connectivity index (χ1v) is 12.0. The quantitative estimate of drug-likeness (QED) is 0.555. The predicted molar refractivity (Wildman–Crippen MR) is 129 cm³/mol. The maximum atomic E-state index is 13.2. The number of oxazole rings is 1. The second-order valence-corrected chi connectivity index (χ2v) is 8.93. The topological polar surface area (TPSA) is 80.0 Å². The standard InChI is InChI=1S/C26H29FN4O3/c1-2-17-16-24(32)29-30-25(17)19-5-8-22-23(15-19)34-26(28-22)18-3-6-21(7-4-18)33-14-13-31-11-9-20(27)10-12-31/h3-8,15,17,20H,2,9-14,16H2,1H3,(H,29,32). The Bertz CT molecular complexity index is 1180. The molecule has 2 aliphatic heterocycles. The molecular formula is C26H29FN4O3. The van der Waals surface area contributed by atoms with Crippen molar-refractivity contribution < 1.29 is 18.3 Å². The van der Waals surface area contributed by atoms with Crippen molar-refractivity contribution in [2.75, 3.05) is 26.2 Å². The fraction of sp³-hybridized carbons (Fsp3) is 0.423. The molecule has 5 rings (SSSR count). The summed E-state index contributed by atoms with van der Waals surface area (Å²) in [6, 6.07) is 13.5. The van der Waals surface area contributed by atoms with Crippen molar-refractivity contribution in [3.8, 4) is 17.2 Å². The molecule has 0 aliphatic carbocycles. The van der Waals surface area contributed by atoms with E-state index in [1.807, 2.05) is 42.5 Å². The number of carbonyl (C=O) groups excluding carboxylic acids is 1. The van der Waals surface area contributed by atoms with Crippen LogP contribution in [0.5, 0.6) is 5.75 Å². The molecule has 0 saturated carbocycles. The molecule has 1 saturated heterocycles. The van der Waals surface area contributed by atoms with Crippen LogP contribution in [0.15, 0.2) is 52.0 Å². The molecule has 1 amide bonds. The maximum absolute atomic E-state index is 13.2. The van der Waals surface area contributed by atoms with Gasteiger partial charge in [0.2, 0.25) is 11.8 Å². The Morgan fingerprint density at radius 3 is 2.68 bits per heavy atom. The molecule has 1 fully saturated rings. The number of ether oxygens (including phenoxy) is 1. The lowest BCUT2D eigenvalue weighted by Gasteiger charge is -2.28. The van der Waals surface area contributed by atoms with Crippen LogP contribution in [-0.2, 0) is 4.79 Å². The molecule has 1 unspecified atom stereocenters. The second kappa shape index (κ2) is 9.93. The fourth-order valence-electron chi connectivity index (χ4n) is 4.54. The van der Waals surface area contributed by atoms with Crippen molar-refractivity contribution in [1.29, 1.82) is 0 Å². The van der Waals surface area contributed by atoms with Crippen LogP contribution in [0.4, 0.5) is 4.39 Å². The molecule has 0 bridgehead atoms. The summed E-state index contributed by atoms with van der Waals surface area (Å²) in [5, 5.41) is 4.29. The van der Waals surface area contributed by atoms with E-state index in [-0.39, 0.29) is 11.8 Å². The van der Waals surface area contributed by atoms with Gasteiger partial charge in [0.1, 0.15) is 24.0 Å². The number of halogens is 1. The molecule has 0 spiro atoms. The molecule has 3 heterocycles. The van der Waals surface area contributed by atoms with Crippen LogP contribution in [0, 0.1) is 5.92 Å². The van der Waals surface area contributed by atoms with Crippen LogP contribution in [-0.4, -0.2) is 53.9 Å². The Kier molecular flexibility index (Phi) is 6.58. The van der Waals surface area contributed by atoms with Gasteiger partial charge in [-0.3, -0.25) is 9.69 Å². The minimum atomic E-state index is -0.653. The summed E-state index contributed by atoms with van der Waals surface area (Å²) in [6.45, 7) is 5.03. The number of benzene rings is 2. The highest BCUT2D eigenvalue weighted by atomic mass is 19.1. The van der Waals surface area contributed by atoms with Gasteiger partial charge < -0.3 is 9.15 Å². The van der Waals surface area contributed by atoms with E-state index in [1.165, 1.54) is 0 Å². The number of fused-ring (bicyclic) bond motifs is 1. The van der Waals surface area contributed by atoms with Crippen LogP contribution in [0.25, 0.3) is 22.6 Å².